The van der Waals surface area contributed by atoms with Gasteiger partial charge in [-0.1, -0.05) is 13.0 Å². The van der Waals surface area contributed by atoms with Gasteiger partial charge < -0.3 is 10.0 Å². The predicted octanol–water partition coefficient (Wildman–Crippen LogP) is 1.59. The summed E-state index contributed by atoms with van der Waals surface area (Å²) in [5, 5.41) is 8.74. The number of aryl methyl sites for hydroxylation is 1. The first kappa shape index (κ1) is 18.2. The summed E-state index contributed by atoms with van der Waals surface area (Å²) >= 11 is 0. The van der Waals surface area contributed by atoms with Crippen LogP contribution in [0.2, 0.25) is 0 Å². The number of hydrogen-bond donors (Lipinski definition) is 1. The molecule has 0 bridgehead atoms. The molecule has 7 heteroatoms. The molecular formula is C15H21NO5S. The van der Waals surface area contributed by atoms with E-state index in [1.807, 2.05) is 6.92 Å². The van der Waals surface area contributed by atoms with Crippen molar-refractivity contribution in [3.8, 4) is 0 Å². The number of aliphatic carboxylic acids is 1. The monoisotopic (exact) mass is 327 g/mol. The first-order valence-corrected chi connectivity index (χ1v) is 8.93. The summed E-state index contributed by atoms with van der Waals surface area (Å²) in [4.78, 5) is 24.8. The Morgan fingerprint density at radius 2 is 1.86 bits per heavy atom. The molecule has 1 aromatic carbocycles. The van der Waals surface area contributed by atoms with E-state index >= 15 is 0 Å². The van der Waals surface area contributed by atoms with Gasteiger partial charge in [0.1, 0.15) is 0 Å². The van der Waals surface area contributed by atoms with Gasteiger partial charge in [-0.05, 0) is 31.0 Å². The van der Waals surface area contributed by atoms with E-state index < -0.39 is 15.8 Å². The van der Waals surface area contributed by atoms with Crippen molar-refractivity contribution >= 4 is 21.7 Å². The minimum absolute atomic E-state index is 0.0855. The number of carbonyl (C=O) groups is 2. The van der Waals surface area contributed by atoms with Gasteiger partial charge in [0.2, 0.25) is 0 Å². The van der Waals surface area contributed by atoms with E-state index in [9.17, 15) is 18.0 Å². The second-order valence-electron chi connectivity index (χ2n) is 4.97. The minimum atomic E-state index is -3.41. The zero-order valence-electron chi connectivity index (χ0n) is 13.0. The standard InChI is InChI=1S/C15H21NO5S/c1-4-11-6-7-12(22(3,20)21)10-13(11)15(19)16(5-2)9-8-14(17)18/h6-7,10H,4-5,8-9H2,1-3H3,(H,17,18). The summed E-state index contributed by atoms with van der Waals surface area (Å²) in [5.74, 6) is -1.32. The number of amides is 1. The van der Waals surface area contributed by atoms with Crippen molar-refractivity contribution in [3.63, 3.8) is 0 Å². The van der Waals surface area contributed by atoms with Gasteiger partial charge in [0.25, 0.3) is 5.91 Å². The lowest BCUT2D eigenvalue weighted by molar-refractivity contribution is -0.137. The number of rotatable bonds is 7. The molecule has 0 atom stereocenters. The van der Waals surface area contributed by atoms with Crippen LogP contribution in [0.3, 0.4) is 0 Å². The van der Waals surface area contributed by atoms with E-state index in [-0.39, 0.29) is 23.8 Å². The number of benzene rings is 1. The second-order valence-corrected chi connectivity index (χ2v) is 6.99. The van der Waals surface area contributed by atoms with Crippen LogP contribution in [0, 0.1) is 0 Å². The molecule has 1 aromatic rings. The summed E-state index contributed by atoms with van der Waals surface area (Å²) in [5.41, 5.74) is 1.06. The Bertz CT molecular complexity index is 667. The number of carbonyl (C=O) groups excluding carboxylic acids is 1. The highest BCUT2D eigenvalue weighted by Gasteiger charge is 2.20. The van der Waals surface area contributed by atoms with Crippen molar-refractivity contribution in [2.75, 3.05) is 19.3 Å². The largest absolute Gasteiger partial charge is 0.481 e. The predicted molar refractivity (Wildman–Crippen MR) is 82.8 cm³/mol. The molecule has 0 spiro atoms. The average molecular weight is 327 g/mol. The van der Waals surface area contributed by atoms with Crippen LogP contribution in [0.1, 0.15) is 36.2 Å². The highest BCUT2D eigenvalue weighted by molar-refractivity contribution is 7.90. The van der Waals surface area contributed by atoms with E-state index in [1.165, 1.54) is 17.0 Å². The summed E-state index contributed by atoms with van der Waals surface area (Å²) in [6, 6.07) is 4.49. The molecule has 1 amide bonds. The smallest absolute Gasteiger partial charge is 0.305 e. The van der Waals surface area contributed by atoms with Gasteiger partial charge in [0, 0.05) is 24.9 Å². The molecule has 22 heavy (non-hydrogen) atoms. The molecule has 0 aliphatic heterocycles. The Labute approximate surface area is 130 Å². The zero-order chi connectivity index (χ0) is 16.9. The van der Waals surface area contributed by atoms with Crippen molar-refractivity contribution in [1.82, 2.24) is 4.90 Å². The van der Waals surface area contributed by atoms with Gasteiger partial charge in [-0.2, -0.15) is 0 Å². The Kier molecular flexibility index (Phi) is 6.11. The van der Waals surface area contributed by atoms with Crippen LogP contribution >= 0.6 is 0 Å². The van der Waals surface area contributed by atoms with Gasteiger partial charge in [-0.25, -0.2) is 8.42 Å². The topological polar surface area (TPSA) is 91.8 Å². The summed E-state index contributed by atoms with van der Waals surface area (Å²) in [6.45, 7) is 4.08. The minimum Gasteiger partial charge on any atom is -0.481 e. The average Bonchev–Trinajstić information content (AvgIpc) is 2.45. The number of nitrogens with zero attached hydrogens (tertiary/aromatic N) is 1. The fraction of sp³-hybridized carbons (Fsp3) is 0.467. The molecule has 0 heterocycles. The lowest BCUT2D eigenvalue weighted by Gasteiger charge is -2.21. The van der Waals surface area contributed by atoms with Crippen LogP contribution in [-0.2, 0) is 21.1 Å². The molecule has 1 rings (SSSR count). The summed E-state index contributed by atoms with van der Waals surface area (Å²) in [7, 11) is -3.41. The fourth-order valence-corrected chi connectivity index (χ4v) is 2.74. The molecule has 0 unspecified atom stereocenters. The molecule has 1 N–H and O–H groups in total. The lowest BCUT2D eigenvalue weighted by Crippen LogP contribution is -2.33. The SMILES string of the molecule is CCc1ccc(S(C)(=O)=O)cc1C(=O)N(CC)CCC(=O)O. The third kappa shape index (κ3) is 4.56. The van der Waals surface area contributed by atoms with Crippen LogP contribution < -0.4 is 0 Å². The Morgan fingerprint density at radius 3 is 2.32 bits per heavy atom. The van der Waals surface area contributed by atoms with Crippen molar-refractivity contribution in [2.45, 2.75) is 31.6 Å². The lowest BCUT2D eigenvalue weighted by atomic mass is 10.0. The molecule has 0 aliphatic rings. The Morgan fingerprint density at radius 1 is 1.23 bits per heavy atom. The molecule has 0 fully saturated rings. The molecule has 0 saturated carbocycles. The van der Waals surface area contributed by atoms with Crippen LogP contribution in [0.5, 0.6) is 0 Å². The molecule has 0 aliphatic carbocycles. The fourth-order valence-electron chi connectivity index (χ4n) is 2.10. The number of hydrogen-bond acceptors (Lipinski definition) is 4. The van der Waals surface area contributed by atoms with E-state index in [0.717, 1.165) is 11.8 Å². The van der Waals surface area contributed by atoms with Gasteiger partial charge in [-0.3, -0.25) is 9.59 Å². The highest BCUT2D eigenvalue weighted by Crippen LogP contribution is 2.19. The first-order chi connectivity index (χ1) is 10.2. The molecule has 0 aromatic heterocycles. The van der Waals surface area contributed by atoms with Crippen molar-refractivity contribution in [3.05, 3.63) is 29.3 Å². The van der Waals surface area contributed by atoms with Crippen molar-refractivity contribution < 1.29 is 23.1 Å². The molecule has 122 valence electrons. The van der Waals surface area contributed by atoms with E-state index in [0.29, 0.717) is 18.5 Å². The number of sulfone groups is 1. The van der Waals surface area contributed by atoms with Crippen molar-refractivity contribution in [1.29, 1.82) is 0 Å². The van der Waals surface area contributed by atoms with Crippen LogP contribution in [0.25, 0.3) is 0 Å². The number of carboxylic acid groups (broad SMARTS) is 1. The van der Waals surface area contributed by atoms with Crippen LogP contribution in [0.4, 0.5) is 0 Å². The molecule has 6 nitrogen and oxygen atoms in total. The first-order valence-electron chi connectivity index (χ1n) is 7.04. The quantitative estimate of drug-likeness (QED) is 0.821. The van der Waals surface area contributed by atoms with Crippen LogP contribution in [-0.4, -0.2) is 49.6 Å². The molecule has 0 radical (unpaired) electrons. The van der Waals surface area contributed by atoms with E-state index in [4.69, 9.17) is 5.11 Å². The third-order valence-corrected chi connectivity index (χ3v) is 4.50. The van der Waals surface area contributed by atoms with Gasteiger partial charge >= 0.3 is 5.97 Å². The zero-order valence-corrected chi connectivity index (χ0v) is 13.8. The van der Waals surface area contributed by atoms with Crippen molar-refractivity contribution in [2.24, 2.45) is 0 Å². The highest BCUT2D eigenvalue weighted by atomic mass is 32.2. The maximum Gasteiger partial charge on any atom is 0.305 e. The second kappa shape index (κ2) is 7.40. The van der Waals surface area contributed by atoms with Crippen LogP contribution in [0.15, 0.2) is 23.1 Å². The molecule has 0 saturated heterocycles. The van der Waals surface area contributed by atoms with Gasteiger partial charge in [0.15, 0.2) is 9.84 Å². The summed E-state index contributed by atoms with van der Waals surface area (Å²) < 4.78 is 23.3. The normalized spacial score (nSPS) is 11.2. The maximum atomic E-state index is 12.6. The molecular weight excluding hydrogens is 306 g/mol. The van der Waals surface area contributed by atoms with Gasteiger partial charge in [0.05, 0.1) is 11.3 Å². The van der Waals surface area contributed by atoms with E-state index in [1.54, 1.807) is 13.0 Å². The Hall–Kier alpha value is -1.89. The maximum absolute atomic E-state index is 12.6. The number of carboxylic acids is 1. The summed E-state index contributed by atoms with van der Waals surface area (Å²) in [6.07, 6.45) is 1.53. The Balaban J connectivity index is 3.21. The van der Waals surface area contributed by atoms with Gasteiger partial charge in [-0.15, -0.1) is 0 Å². The van der Waals surface area contributed by atoms with E-state index in [2.05, 4.69) is 0 Å². The third-order valence-electron chi connectivity index (χ3n) is 3.39.